The topological polar surface area (TPSA) is 87.5 Å². The van der Waals surface area contributed by atoms with E-state index >= 15 is 0 Å². The molecule has 2 N–H and O–H groups in total. The molecule has 1 aromatic heterocycles. The molecular weight excluding hydrogens is 387 g/mol. The lowest BCUT2D eigenvalue weighted by Gasteiger charge is -2.33. The predicted octanol–water partition coefficient (Wildman–Crippen LogP) is 2.74. The summed E-state index contributed by atoms with van der Waals surface area (Å²) in [5.74, 6) is -1.17. The first-order valence-electron chi connectivity index (χ1n) is 9.61. The summed E-state index contributed by atoms with van der Waals surface area (Å²) in [6, 6.07) is 10.1. The standard InChI is InChI=1S/C22H19FN4O3/c1-26-11-9-24-19(26)18-22(15-4-2-3-5-16(15)25-21(22)30)8-10-27(18)20(29)14-7-6-13(23)12-17(14)28/h2-7,9,11-12,18,28H,8,10H2,1H3,(H,25,30). The van der Waals surface area contributed by atoms with Crippen molar-refractivity contribution in [1.29, 1.82) is 0 Å². The lowest BCUT2D eigenvalue weighted by Crippen LogP contribution is -2.43. The SMILES string of the molecule is Cn1ccnc1C1N(C(=O)c2ccc(F)cc2O)CCC12C(=O)Nc1ccccc12. The highest BCUT2D eigenvalue weighted by Crippen LogP contribution is 2.54. The summed E-state index contributed by atoms with van der Waals surface area (Å²) in [5.41, 5.74) is 0.530. The van der Waals surface area contributed by atoms with Crippen LogP contribution in [-0.2, 0) is 17.3 Å². The highest BCUT2D eigenvalue weighted by molar-refractivity contribution is 6.08. The van der Waals surface area contributed by atoms with Gasteiger partial charge in [0.25, 0.3) is 5.91 Å². The van der Waals surface area contributed by atoms with Gasteiger partial charge in [-0.25, -0.2) is 9.37 Å². The minimum Gasteiger partial charge on any atom is -0.507 e. The van der Waals surface area contributed by atoms with Crippen LogP contribution in [0.3, 0.4) is 0 Å². The number of phenols is 1. The van der Waals surface area contributed by atoms with E-state index in [9.17, 15) is 19.1 Å². The number of aryl methyl sites for hydroxylation is 1. The van der Waals surface area contributed by atoms with E-state index in [-0.39, 0.29) is 18.0 Å². The number of nitrogens with one attached hydrogen (secondary N) is 1. The first-order chi connectivity index (χ1) is 14.4. The molecule has 30 heavy (non-hydrogen) atoms. The van der Waals surface area contributed by atoms with E-state index in [1.807, 2.05) is 31.3 Å². The molecule has 2 atom stereocenters. The minimum absolute atomic E-state index is 0.0145. The molecule has 3 aromatic rings. The number of anilines is 1. The number of rotatable bonds is 2. The molecule has 1 spiro atoms. The number of phenolic OH excluding ortho intramolecular Hbond substituents is 1. The maximum absolute atomic E-state index is 13.4. The first kappa shape index (κ1) is 18.4. The summed E-state index contributed by atoms with van der Waals surface area (Å²) in [5, 5.41) is 13.1. The Balaban J connectivity index is 1.68. The Bertz CT molecular complexity index is 1190. The molecule has 8 heteroatoms. The van der Waals surface area contributed by atoms with Gasteiger partial charge in [0.05, 0.1) is 5.56 Å². The Morgan fingerprint density at radius 2 is 2.10 bits per heavy atom. The van der Waals surface area contributed by atoms with Crippen LogP contribution in [0.4, 0.5) is 10.1 Å². The number of carbonyl (C=O) groups is 2. The van der Waals surface area contributed by atoms with E-state index < -0.39 is 28.9 Å². The van der Waals surface area contributed by atoms with Crippen molar-refractivity contribution in [3.63, 3.8) is 0 Å². The van der Waals surface area contributed by atoms with Gasteiger partial charge in [-0.05, 0) is 30.2 Å². The number of likely N-dealkylation sites (tertiary alicyclic amines) is 1. The molecule has 2 aliphatic heterocycles. The number of halogens is 1. The highest BCUT2D eigenvalue weighted by atomic mass is 19.1. The molecule has 0 radical (unpaired) electrons. The molecular formula is C22H19FN4O3. The fourth-order valence-electron chi connectivity index (χ4n) is 4.75. The zero-order chi connectivity index (χ0) is 21.0. The van der Waals surface area contributed by atoms with Gasteiger partial charge < -0.3 is 19.9 Å². The lowest BCUT2D eigenvalue weighted by molar-refractivity contribution is -0.121. The average molecular weight is 406 g/mol. The van der Waals surface area contributed by atoms with E-state index in [0.717, 1.165) is 23.4 Å². The van der Waals surface area contributed by atoms with Crippen molar-refractivity contribution in [2.75, 3.05) is 11.9 Å². The van der Waals surface area contributed by atoms with E-state index in [1.54, 1.807) is 21.9 Å². The van der Waals surface area contributed by atoms with Gasteiger partial charge in [0.2, 0.25) is 5.91 Å². The number of para-hydroxylation sites is 1. The molecule has 2 amide bonds. The number of benzene rings is 2. The monoisotopic (exact) mass is 406 g/mol. The van der Waals surface area contributed by atoms with Gasteiger partial charge in [-0.3, -0.25) is 9.59 Å². The van der Waals surface area contributed by atoms with Crippen LogP contribution in [0.25, 0.3) is 0 Å². The molecule has 7 nitrogen and oxygen atoms in total. The zero-order valence-corrected chi connectivity index (χ0v) is 16.2. The summed E-state index contributed by atoms with van der Waals surface area (Å²) < 4.78 is 15.2. The Labute approximate surface area is 171 Å². The quantitative estimate of drug-likeness (QED) is 0.685. The van der Waals surface area contributed by atoms with Gasteiger partial charge in [0.15, 0.2) is 0 Å². The van der Waals surface area contributed by atoms with Crippen LogP contribution < -0.4 is 5.32 Å². The number of hydrogen-bond donors (Lipinski definition) is 2. The van der Waals surface area contributed by atoms with E-state index in [1.165, 1.54) is 6.07 Å². The summed E-state index contributed by atoms with van der Waals surface area (Å²) >= 11 is 0. The number of aromatic nitrogens is 2. The normalized spacial score (nSPS) is 22.4. The van der Waals surface area contributed by atoms with Crippen LogP contribution in [-0.4, -0.2) is 37.9 Å². The van der Waals surface area contributed by atoms with Crippen molar-refractivity contribution in [3.8, 4) is 5.75 Å². The molecule has 0 bridgehead atoms. The van der Waals surface area contributed by atoms with Gasteiger partial charge in [-0.2, -0.15) is 0 Å². The van der Waals surface area contributed by atoms with E-state index in [2.05, 4.69) is 10.3 Å². The molecule has 2 unspecified atom stereocenters. The summed E-state index contributed by atoms with van der Waals surface area (Å²) in [6.45, 7) is 0.287. The molecule has 2 aromatic carbocycles. The van der Waals surface area contributed by atoms with Crippen LogP contribution >= 0.6 is 0 Å². The number of aromatic hydroxyl groups is 1. The molecule has 152 valence electrons. The number of fused-ring (bicyclic) bond motifs is 2. The lowest BCUT2D eigenvalue weighted by atomic mass is 9.74. The van der Waals surface area contributed by atoms with Crippen molar-refractivity contribution >= 4 is 17.5 Å². The third-order valence-electron chi connectivity index (χ3n) is 6.14. The van der Waals surface area contributed by atoms with Crippen LogP contribution in [0.1, 0.15) is 34.2 Å². The molecule has 3 heterocycles. The zero-order valence-electron chi connectivity index (χ0n) is 16.2. The van der Waals surface area contributed by atoms with Gasteiger partial charge >= 0.3 is 0 Å². The number of hydrogen-bond acceptors (Lipinski definition) is 4. The Morgan fingerprint density at radius 3 is 2.83 bits per heavy atom. The predicted molar refractivity (Wildman–Crippen MR) is 106 cm³/mol. The Kier molecular flexibility index (Phi) is 3.92. The highest BCUT2D eigenvalue weighted by Gasteiger charge is 2.60. The Morgan fingerprint density at radius 1 is 1.30 bits per heavy atom. The molecule has 0 saturated carbocycles. The van der Waals surface area contributed by atoms with Gasteiger partial charge in [-0.15, -0.1) is 0 Å². The number of carbonyl (C=O) groups excluding carboxylic acids is 2. The summed E-state index contributed by atoms with van der Waals surface area (Å²) in [7, 11) is 1.81. The largest absolute Gasteiger partial charge is 0.507 e. The number of nitrogens with zero attached hydrogens (tertiary/aromatic N) is 3. The van der Waals surface area contributed by atoms with Gasteiger partial charge in [-0.1, -0.05) is 18.2 Å². The van der Waals surface area contributed by atoms with E-state index in [0.29, 0.717) is 12.2 Å². The van der Waals surface area contributed by atoms with Gasteiger partial charge in [0, 0.05) is 37.7 Å². The smallest absolute Gasteiger partial charge is 0.258 e. The third kappa shape index (κ3) is 2.39. The van der Waals surface area contributed by atoms with Crippen LogP contribution in [0.15, 0.2) is 54.9 Å². The van der Waals surface area contributed by atoms with Crippen LogP contribution in [0, 0.1) is 5.82 Å². The summed E-state index contributed by atoms with van der Waals surface area (Å²) in [6.07, 6.45) is 3.79. The maximum atomic E-state index is 13.4. The fraction of sp³-hybridized carbons (Fsp3) is 0.227. The van der Waals surface area contributed by atoms with Crippen molar-refractivity contribution in [2.45, 2.75) is 17.9 Å². The Hall–Kier alpha value is -3.68. The maximum Gasteiger partial charge on any atom is 0.258 e. The molecule has 0 aliphatic carbocycles. The fourth-order valence-corrected chi connectivity index (χ4v) is 4.75. The molecule has 1 fully saturated rings. The van der Waals surface area contributed by atoms with E-state index in [4.69, 9.17) is 0 Å². The number of imidazole rings is 1. The second-order valence-electron chi connectivity index (χ2n) is 7.68. The van der Waals surface area contributed by atoms with Crippen molar-refractivity contribution in [3.05, 3.63) is 77.6 Å². The number of amides is 2. The second kappa shape index (κ2) is 6.41. The second-order valence-corrected chi connectivity index (χ2v) is 7.68. The summed E-state index contributed by atoms with van der Waals surface area (Å²) in [4.78, 5) is 32.7. The molecule has 2 aliphatic rings. The van der Waals surface area contributed by atoms with Crippen molar-refractivity contribution < 1.29 is 19.1 Å². The van der Waals surface area contributed by atoms with Gasteiger partial charge in [0.1, 0.15) is 28.8 Å². The van der Waals surface area contributed by atoms with Crippen LogP contribution in [0.5, 0.6) is 5.75 Å². The minimum atomic E-state index is -0.999. The average Bonchev–Trinajstić information content (AvgIpc) is 3.39. The first-order valence-corrected chi connectivity index (χ1v) is 9.61. The van der Waals surface area contributed by atoms with Crippen LogP contribution in [0.2, 0.25) is 0 Å². The van der Waals surface area contributed by atoms with Crippen molar-refractivity contribution in [2.24, 2.45) is 7.05 Å². The third-order valence-corrected chi connectivity index (χ3v) is 6.14. The molecule has 1 saturated heterocycles. The molecule has 5 rings (SSSR count). The van der Waals surface area contributed by atoms with Crippen molar-refractivity contribution in [1.82, 2.24) is 14.5 Å².